The molecule has 5 rings (SSSR count). The van der Waals surface area contributed by atoms with Crippen molar-refractivity contribution in [2.45, 2.75) is 33.7 Å². The molecule has 0 bridgehead atoms. The summed E-state index contributed by atoms with van der Waals surface area (Å²) in [6.07, 6.45) is 1.78. The molecule has 172 valence electrons. The summed E-state index contributed by atoms with van der Waals surface area (Å²) in [7, 11) is 1.96. The zero-order chi connectivity index (χ0) is 24.1. The average molecular weight is 473 g/mol. The highest BCUT2D eigenvalue weighted by Gasteiger charge is 2.20. The fourth-order valence-corrected chi connectivity index (χ4v) is 4.63. The largest absolute Gasteiger partial charge is 0.455 e. The van der Waals surface area contributed by atoms with Crippen LogP contribution < -0.4 is 10.7 Å². The third-order valence-electron chi connectivity index (χ3n) is 6.27. The van der Waals surface area contributed by atoms with Gasteiger partial charge < -0.3 is 14.3 Å². The van der Waals surface area contributed by atoms with Gasteiger partial charge in [-0.2, -0.15) is 0 Å². The van der Waals surface area contributed by atoms with Crippen molar-refractivity contribution < 1.29 is 4.42 Å². The van der Waals surface area contributed by atoms with Crippen molar-refractivity contribution in [2.24, 2.45) is 7.05 Å². The van der Waals surface area contributed by atoms with E-state index in [1.54, 1.807) is 12.4 Å². The first-order chi connectivity index (χ1) is 16.2. The Morgan fingerprint density at radius 1 is 1.09 bits per heavy atom. The number of aromatic nitrogens is 3. The molecule has 0 unspecified atom stereocenters. The van der Waals surface area contributed by atoms with Crippen LogP contribution in [0.15, 0.2) is 58.0 Å². The van der Waals surface area contributed by atoms with Crippen molar-refractivity contribution in [3.8, 4) is 11.3 Å². The Labute approximate surface area is 202 Å². The minimum absolute atomic E-state index is 0.0288. The van der Waals surface area contributed by atoms with Gasteiger partial charge in [-0.15, -0.1) is 0 Å². The van der Waals surface area contributed by atoms with E-state index in [0.29, 0.717) is 27.4 Å². The highest BCUT2D eigenvalue weighted by Crippen LogP contribution is 2.33. The van der Waals surface area contributed by atoms with Crippen LogP contribution in [0.1, 0.15) is 35.3 Å². The zero-order valence-corrected chi connectivity index (χ0v) is 20.5. The van der Waals surface area contributed by atoms with Crippen molar-refractivity contribution in [1.29, 1.82) is 0 Å². The summed E-state index contributed by atoms with van der Waals surface area (Å²) in [5.74, 6) is 0.562. The molecule has 7 heteroatoms. The highest BCUT2D eigenvalue weighted by atomic mass is 35.5. The first-order valence-electron chi connectivity index (χ1n) is 11.1. The van der Waals surface area contributed by atoms with Gasteiger partial charge in [-0.25, -0.2) is 9.97 Å². The minimum atomic E-state index is -0.138. The summed E-state index contributed by atoms with van der Waals surface area (Å²) in [5, 5.41) is 4.53. The molecule has 0 saturated heterocycles. The Bertz CT molecular complexity index is 1630. The SMILES string of the molecule is Cc1cc([C@@H](C)Nc2ccc(Cl)nc2C)c2oc(-c3ccc4c(c3)ncn4C)c(C)c(=O)c2c1. The van der Waals surface area contributed by atoms with Gasteiger partial charge >= 0.3 is 0 Å². The number of benzene rings is 2. The van der Waals surface area contributed by atoms with Crippen LogP contribution >= 0.6 is 11.6 Å². The number of hydrogen-bond acceptors (Lipinski definition) is 5. The van der Waals surface area contributed by atoms with Gasteiger partial charge in [-0.3, -0.25) is 4.79 Å². The number of nitrogens with one attached hydrogen (secondary N) is 1. The van der Waals surface area contributed by atoms with Gasteiger partial charge in [0, 0.05) is 23.7 Å². The van der Waals surface area contributed by atoms with Crippen LogP contribution in [-0.2, 0) is 7.05 Å². The van der Waals surface area contributed by atoms with Gasteiger partial charge in [0.15, 0.2) is 5.43 Å². The van der Waals surface area contributed by atoms with E-state index in [-0.39, 0.29) is 11.5 Å². The lowest BCUT2D eigenvalue weighted by Gasteiger charge is -2.19. The molecule has 6 nitrogen and oxygen atoms in total. The molecule has 0 radical (unpaired) electrons. The van der Waals surface area contributed by atoms with E-state index < -0.39 is 0 Å². The molecular formula is C27H25ClN4O2. The Morgan fingerprint density at radius 3 is 2.65 bits per heavy atom. The second-order valence-electron chi connectivity index (χ2n) is 8.81. The van der Waals surface area contributed by atoms with Crippen molar-refractivity contribution in [2.75, 3.05) is 5.32 Å². The summed E-state index contributed by atoms with van der Waals surface area (Å²) >= 11 is 6.02. The van der Waals surface area contributed by atoms with Gasteiger partial charge in [0.25, 0.3) is 0 Å². The smallest absolute Gasteiger partial charge is 0.196 e. The number of aryl methyl sites for hydroxylation is 3. The molecule has 0 saturated carbocycles. The van der Waals surface area contributed by atoms with Crippen LogP contribution in [0.3, 0.4) is 0 Å². The summed E-state index contributed by atoms with van der Waals surface area (Å²) < 4.78 is 8.46. The number of pyridine rings is 1. The van der Waals surface area contributed by atoms with Gasteiger partial charge in [0.05, 0.1) is 40.2 Å². The molecule has 2 aromatic carbocycles. The molecule has 0 fully saturated rings. The van der Waals surface area contributed by atoms with E-state index in [1.807, 2.05) is 69.6 Å². The Morgan fingerprint density at radius 2 is 1.88 bits per heavy atom. The molecule has 34 heavy (non-hydrogen) atoms. The summed E-state index contributed by atoms with van der Waals surface area (Å²) in [4.78, 5) is 22.2. The second-order valence-corrected chi connectivity index (χ2v) is 9.20. The Kier molecular flexibility index (Phi) is 5.41. The van der Waals surface area contributed by atoms with Crippen molar-refractivity contribution >= 4 is 39.3 Å². The standard InChI is InChI=1S/C27H25ClN4O2/c1-14-10-19(16(3)30-21-7-9-24(28)31-17(21)4)27-20(11-14)25(33)15(2)26(34-27)18-6-8-23-22(12-18)29-13-32(23)5/h6-13,16,30H,1-5H3/t16-/m1/s1. The van der Waals surface area contributed by atoms with Crippen LogP contribution in [-0.4, -0.2) is 14.5 Å². The normalized spacial score (nSPS) is 12.4. The molecule has 1 atom stereocenters. The molecule has 5 aromatic rings. The molecule has 3 aromatic heterocycles. The predicted octanol–water partition coefficient (Wildman–Crippen LogP) is 6.49. The molecule has 3 heterocycles. The molecular weight excluding hydrogens is 448 g/mol. The quantitative estimate of drug-likeness (QED) is 0.302. The van der Waals surface area contributed by atoms with E-state index in [2.05, 4.69) is 21.4 Å². The number of fused-ring (bicyclic) bond motifs is 2. The molecule has 0 amide bonds. The lowest BCUT2D eigenvalue weighted by molar-refractivity contribution is 0.605. The highest BCUT2D eigenvalue weighted by molar-refractivity contribution is 6.29. The lowest BCUT2D eigenvalue weighted by Crippen LogP contribution is -2.13. The second kappa shape index (κ2) is 8.29. The fraction of sp³-hybridized carbons (Fsp3) is 0.222. The van der Waals surface area contributed by atoms with Crippen LogP contribution in [0.5, 0.6) is 0 Å². The molecule has 1 N–H and O–H groups in total. The minimum Gasteiger partial charge on any atom is -0.455 e. The fourth-order valence-electron chi connectivity index (χ4n) is 4.44. The molecule has 0 aliphatic heterocycles. The maximum Gasteiger partial charge on any atom is 0.196 e. The first kappa shape index (κ1) is 22.2. The van der Waals surface area contributed by atoms with E-state index >= 15 is 0 Å². The first-order valence-corrected chi connectivity index (χ1v) is 11.5. The topological polar surface area (TPSA) is 73.0 Å². The molecule has 0 aliphatic carbocycles. The van der Waals surface area contributed by atoms with Crippen molar-refractivity contribution in [3.63, 3.8) is 0 Å². The van der Waals surface area contributed by atoms with E-state index in [4.69, 9.17) is 16.0 Å². The third-order valence-corrected chi connectivity index (χ3v) is 6.48. The van der Waals surface area contributed by atoms with E-state index in [1.165, 1.54) is 0 Å². The molecule has 0 spiro atoms. The van der Waals surface area contributed by atoms with Crippen molar-refractivity contribution in [3.05, 3.63) is 86.6 Å². The average Bonchev–Trinajstić information content (AvgIpc) is 3.18. The van der Waals surface area contributed by atoms with Crippen LogP contribution in [0.4, 0.5) is 5.69 Å². The Balaban J connectivity index is 1.68. The zero-order valence-electron chi connectivity index (χ0n) is 19.7. The number of imidazole rings is 1. The number of nitrogens with zero attached hydrogens (tertiary/aromatic N) is 3. The lowest BCUT2D eigenvalue weighted by atomic mass is 9.98. The van der Waals surface area contributed by atoms with Gasteiger partial charge in [-0.1, -0.05) is 17.7 Å². The van der Waals surface area contributed by atoms with E-state index in [9.17, 15) is 4.79 Å². The van der Waals surface area contributed by atoms with Gasteiger partial charge in [-0.05, 0) is 69.7 Å². The third kappa shape index (κ3) is 3.74. The number of anilines is 1. The Hall–Kier alpha value is -3.64. The summed E-state index contributed by atoms with van der Waals surface area (Å²) in [6, 6.07) is 13.4. The van der Waals surface area contributed by atoms with E-state index in [0.717, 1.165) is 39.1 Å². The molecule has 0 aliphatic rings. The monoisotopic (exact) mass is 472 g/mol. The van der Waals surface area contributed by atoms with Crippen LogP contribution in [0.25, 0.3) is 33.3 Å². The summed E-state index contributed by atoms with van der Waals surface area (Å²) in [5.41, 5.74) is 7.41. The van der Waals surface area contributed by atoms with Gasteiger partial charge in [0.2, 0.25) is 0 Å². The number of halogens is 1. The van der Waals surface area contributed by atoms with Crippen LogP contribution in [0, 0.1) is 20.8 Å². The predicted molar refractivity (Wildman–Crippen MR) is 138 cm³/mol. The summed E-state index contributed by atoms with van der Waals surface area (Å²) in [6.45, 7) is 7.75. The van der Waals surface area contributed by atoms with Crippen LogP contribution in [0.2, 0.25) is 5.15 Å². The number of rotatable bonds is 4. The number of hydrogen-bond donors (Lipinski definition) is 1. The van der Waals surface area contributed by atoms with Gasteiger partial charge in [0.1, 0.15) is 16.5 Å². The maximum absolute atomic E-state index is 13.4. The van der Waals surface area contributed by atoms with Crippen molar-refractivity contribution in [1.82, 2.24) is 14.5 Å². The maximum atomic E-state index is 13.4.